The molecule has 6 nitrogen and oxygen atoms in total. The number of benzene rings is 2. The summed E-state index contributed by atoms with van der Waals surface area (Å²) in [7, 11) is 1.55. The molecule has 5 rings (SSSR count). The van der Waals surface area contributed by atoms with Gasteiger partial charge < -0.3 is 15.0 Å². The van der Waals surface area contributed by atoms with E-state index in [2.05, 4.69) is 26.3 Å². The standard InChI is InChI=1S/C28H23FN4O2/c1-35-26-11-8-19(16-32-26)24-14-21(17-33-27(24)18-6-9-22(29)10-7-18)28(34)30-13-12-20-15-31-25-5-3-2-4-23(20)25/h2-11,14-17,31H,12-13H2,1H3,(H,30,34). The van der Waals surface area contributed by atoms with Crippen LogP contribution < -0.4 is 10.1 Å². The van der Waals surface area contributed by atoms with E-state index in [0.717, 1.165) is 33.2 Å². The lowest BCUT2D eigenvalue weighted by Crippen LogP contribution is -2.25. The average Bonchev–Trinajstić information content (AvgIpc) is 3.32. The molecule has 0 saturated carbocycles. The molecule has 0 fully saturated rings. The summed E-state index contributed by atoms with van der Waals surface area (Å²) < 4.78 is 18.6. The van der Waals surface area contributed by atoms with Crippen LogP contribution in [0.5, 0.6) is 5.88 Å². The quantitative estimate of drug-likeness (QED) is 0.336. The van der Waals surface area contributed by atoms with E-state index >= 15 is 0 Å². The van der Waals surface area contributed by atoms with E-state index in [1.807, 2.05) is 30.5 Å². The maximum atomic E-state index is 13.5. The minimum Gasteiger partial charge on any atom is -0.481 e. The minimum absolute atomic E-state index is 0.217. The molecule has 0 unspecified atom stereocenters. The van der Waals surface area contributed by atoms with Gasteiger partial charge in [0.25, 0.3) is 5.91 Å². The van der Waals surface area contributed by atoms with Gasteiger partial charge in [-0.1, -0.05) is 18.2 Å². The third-order valence-electron chi connectivity index (χ3n) is 5.88. The number of pyridine rings is 2. The molecule has 0 bridgehead atoms. The summed E-state index contributed by atoms with van der Waals surface area (Å²) >= 11 is 0. The number of para-hydroxylation sites is 1. The third-order valence-corrected chi connectivity index (χ3v) is 5.88. The van der Waals surface area contributed by atoms with Crippen molar-refractivity contribution in [1.82, 2.24) is 20.3 Å². The Morgan fingerprint density at radius 1 is 1.00 bits per heavy atom. The van der Waals surface area contributed by atoms with Gasteiger partial charge in [0.1, 0.15) is 5.82 Å². The van der Waals surface area contributed by atoms with Crippen LogP contribution in [-0.2, 0) is 6.42 Å². The number of hydrogen-bond donors (Lipinski definition) is 2. The molecule has 0 radical (unpaired) electrons. The van der Waals surface area contributed by atoms with Crippen LogP contribution in [0, 0.1) is 5.82 Å². The molecule has 0 atom stereocenters. The zero-order valence-corrected chi connectivity index (χ0v) is 19.1. The number of nitrogens with zero attached hydrogens (tertiary/aromatic N) is 2. The number of carbonyl (C=O) groups excluding carboxylic acids is 1. The third kappa shape index (κ3) is 4.75. The van der Waals surface area contributed by atoms with Crippen LogP contribution in [0.1, 0.15) is 15.9 Å². The number of rotatable bonds is 7. The van der Waals surface area contributed by atoms with E-state index in [1.165, 1.54) is 12.1 Å². The zero-order chi connectivity index (χ0) is 24.2. The van der Waals surface area contributed by atoms with Gasteiger partial charge in [-0.05, 0) is 54.4 Å². The van der Waals surface area contributed by atoms with Crippen molar-refractivity contribution in [2.75, 3.05) is 13.7 Å². The summed E-state index contributed by atoms with van der Waals surface area (Å²) in [6.45, 7) is 0.486. The molecule has 7 heteroatoms. The van der Waals surface area contributed by atoms with E-state index in [-0.39, 0.29) is 11.7 Å². The summed E-state index contributed by atoms with van der Waals surface area (Å²) in [6.07, 6.45) is 5.89. The van der Waals surface area contributed by atoms with Gasteiger partial charge in [-0.15, -0.1) is 0 Å². The Morgan fingerprint density at radius 2 is 1.80 bits per heavy atom. The Labute approximate surface area is 201 Å². The smallest absolute Gasteiger partial charge is 0.252 e. The van der Waals surface area contributed by atoms with Gasteiger partial charge >= 0.3 is 0 Å². The number of ether oxygens (including phenoxy) is 1. The summed E-state index contributed by atoms with van der Waals surface area (Å²) in [5.41, 5.74) is 5.52. The van der Waals surface area contributed by atoms with Crippen molar-refractivity contribution < 1.29 is 13.9 Å². The second kappa shape index (κ2) is 9.77. The Hall–Kier alpha value is -4.52. The number of aromatic nitrogens is 3. The molecule has 35 heavy (non-hydrogen) atoms. The van der Waals surface area contributed by atoms with E-state index < -0.39 is 0 Å². The Morgan fingerprint density at radius 3 is 2.57 bits per heavy atom. The maximum Gasteiger partial charge on any atom is 0.252 e. The molecule has 5 aromatic rings. The first-order valence-electron chi connectivity index (χ1n) is 11.2. The van der Waals surface area contributed by atoms with Crippen LogP contribution >= 0.6 is 0 Å². The van der Waals surface area contributed by atoms with Crippen LogP contribution in [0.15, 0.2) is 85.3 Å². The number of methoxy groups -OCH3 is 1. The number of H-pyrrole nitrogens is 1. The number of aromatic amines is 1. The average molecular weight is 467 g/mol. The first kappa shape index (κ1) is 22.3. The molecule has 174 valence electrons. The van der Waals surface area contributed by atoms with Crippen LogP contribution in [0.25, 0.3) is 33.3 Å². The number of halogens is 1. The number of amides is 1. The van der Waals surface area contributed by atoms with Gasteiger partial charge in [-0.3, -0.25) is 9.78 Å². The molecule has 0 saturated heterocycles. The van der Waals surface area contributed by atoms with Crippen molar-refractivity contribution in [3.8, 4) is 28.3 Å². The van der Waals surface area contributed by atoms with Crippen LogP contribution in [0.2, 0.25) is 0 Å². The fourth-order valence-electron chi connectivity index (χ4n) is 4.06. The van der Waals surface area contributed by atoms with E-state index in [9.17, 15) is 9.18 Å². The topological polar surface area (TPSA) is 79.9 Å². The molecular weight excluding hydrogens is 443 g/mol. The van der Waals surface area contributed by atoms with Crippen LogP contribution in [0.4, 0.5) is 4.39 Å². The largest absolute Gasteiger partial charge is 0.481 e. The van der Waals surface area contributed by atoms with Gasteiger partial charge in [0.2, 0.25) is 5.88 Å². The molecule has 0 aliphatic heterocycles. The molecule has 0 aliphatic carbocycles. The van der Waals surface area contributed by atoms with Gasteiger partial charge in [0.15, 0.2) is 0 Å². The van der Waals surface area contributed by atoms with Crippen molar-refractivity contribution in [3.63, 3.8) is 0 Å². The fraction of sp³-hybridized carbons (Fsp3) is 0.107. The number of fused-ring (bicyclic) bond motifs is 1. The predicted molar refractivity (Wildman–Crippen MR) is 134 cm³/mol. The molecule has 1 amide bonds. The zero-order valence-electron chi connectivity index (χ0n) is 19.1. The highest BCUT2D eigenvalue weighted by Gasteiger charge is 2.15. The minimum atomic E-state index is -0.326. The van der Waals surface area contributed by atoms with Crippen molar-refractivity contribution in [2.45, 2.75) is 6.42 Å². The van der Waals surface area contributed by atoms with Gasteiger partial charge in [-0.2, -0.15) is 0 Å². The molecule has 3 heterocycles. The summed E-state index contributed by atoms with van der Waals surface area (Å²) in [5, 5.41) is 4.14. The lowest BCUT2D eigenvalue weighted by molar-refractivity contribution is 0.0954. The number of hydrogen-bond acceptors (Lipinski definition) is 4. The summed E-state index contributed by atoms with van der Waals surface area (Å²) in [6, 6.07) is 19.6. The lowest BCUT2D eigenvalue weighted by atomic mass is 9.98. The van der Waals surface area contributed by atoms with Crippen molar-refractivity contribution in [2.24, 2.45) is 0 Å². The molecular formula is C28H23FN4O2. The highest BCUT2D eigenvalue weighted by Crippen LogP contribution is 2.31. The Kier molecular flexibility index (Phi) is 6.22. The number of carbonyl (C=O) groups is 1. The Balaban J connectivity index is 1.40. The van der Waals surface area contributed by atoms with Gasteiger partial charge in [-0.25, -0.2) is 9.37 Å². The van der Waals surface area contributed by atoms with Crippen molar-refractivity contribution >= 4 is 16.8 Å². The maximum absolute atomic E-state index is 13.5. The van der Waals surface area contributed by atoms with Crippen molar-refractivity contribution in [1.29, 1.82) is 0 Å². The number of nitrogens with one attached hydrogen (secondary N) is 2. The van der Waals surface area contributed by atoms with E-state index in [0.29, 0.717) is 30.1 Å². The van der Waals surface area contributed by atoms with E-state index in [4.69, 9.17) is 4.74 Å². The normalized spacial score (nSPS) is 10.9. The molecule has 0 aliphatic rings. The second-order valence-corrected chi connectivity index (χ2v) is 8.08. The predicted octanol–water partition coefficient (Wildman–Crippen LogP) is 5.41. The van der Waals surface area contributed by atoms with Crippen LogP contribution in [-0.4, -0.2) is 34.5 Å². The van der Waals surface area contributed by atoms with E-state index in [1.54, 1.807) is 43.8 Å². The Bertz CT molecular complexity index is 1480. The fourth-order valence-corrected chi connectivity index (χ4v) is 4.06. The lowest BCUT2D eigenvalue weighted by Gasteiger charge is -2.12. The molecule has 2 aromatic carbocycles. The SMILES string of the molecule is COc1ccc(-c2cc(C(=O)NCCc3c[nH]c4ccccc34)cnc2-c2ccc(F)cc2)cn1. The van der Waals surface area contributed by atoms with Crippen molar-refractivity contribution in [3.05, 3.63) is 102 Å². The second-order valence-electron chi connectivity index (χ2n) is 8.08. The molecule has 0 spiro atoms. The summed E-state index contributed by atoms with van der Waals surface area (Å²) in [4.78, 5) is 25.1. The molecule has 3 aromatic heterocycles. The monoisotopic (exact) mass is 466 g/mol. The first-order valence-corrected chi connectivity index (χ1v) is 11.2. The van der Waals surface area contributed by atoms with Gasteiger partial charge in [0.05, 0.1) is 18.4 Å². The molecule has 2 N–H and O–H groups in total. The highest BCUT2D eigenvalue weighted by molar-refractivity contribution is 5.96. The summed E-state index contributed by atoms with van der Waals surface area (Å²) in [5.74, 6) is -0.0606. The van der Waals surface area contributed by atoms with Gasteiger partial charge in [0, 0.05) is 58.8 Å². The van der Waals surface area contributed by atoms with Crippen LogP contribution in [0.3, 0.4) is 0 Å². The highest BCUT2D eigenvalue weighted by atomic mass is 19.1. The first-order chi connectivity index (χ1) is 17.1.